The molecule has 1 aromatic carbocycles. The van der Waals surface area contributed by atoms with Crippen LogP contribution in [0.1, 0.15) is 30.1 Å². The predicted octanol–water partition coefficient (Wildman–Crippen LogP) is 3.39. The van der Waals surface area contributed by atoms with Crippen molar-refractivity contribution >= 4 is 10.9 Å². The number of halogens is 3. The average Bonchev–Trinajstić information content (AvgIpc) is 2.38. The number of rotatable bonds is 4. The van der Waals surface area contributed by atoms with Gasteiger partial charge in [0, 0.05) is 23.5 Å². The molecule has 0 amide bonds. The summed E-state index contributed by atoms with van der Waals surface area (Å²) < 4.78 is 36.9. The SMILES string of the molecule is Cc1ccc2cc(C(CCC(F)(F)F)NN)ccc2n1. The van der Waals surface area contributed by atoms with Crippen LogP contribution in [0.15, 0.2) is 30.3 Å². The lowest BCUT2D eigenvalue weighted by Crippen LogP contribution is -2.29. The maximum Gasteiger partial charge on any atom is 0.389 e. The van der Waals surface area contributed by atoms with Crippen LogP contribution in [0.4, 0.5) is 13.2 Å². The first-order chi connectivity index (χ1) is 9.39. The number of pyridine rings is 1. The first kappa shape index (κ1) is 14.7. The highest BCUT2D eigenvalue weighted by Gasteiger charge is 2.28. The summed E-state index contributed by atoms with van der Waals surface area (Å²) in [5.41, 5.74) is 4.90. The minimum absolute atomic E-state index is 0.0925. The monoisotopic (exact) mass is 283 g/mol. The van der Waals surface area contributed by atoms with Crippen molar-refractivity contribution in [3.8, 4) is 0 Å². The van der Waals surface area contributed by atoms with Crippen LogP contribution in [0.2, 0.25) is 0 Å². The van der Waals surface area contributed by atoms with Crippen molar-refractivity contribution in [1.29, 1.82) is 0 Å². The minimum Gasteiger partial charge on any atom is -0.271 e. The van der Waals surface area contributed by atoms with Gasteiger partial charge in [0.25, 0.3) is 0 Å². The zero-order valence-electron chi connectivity index (χ0n) is 11.0. The average molecular weight is 283 g/mol. The summed E-state index contributed by atoms with van der Waals surface area (Å²) in [4.78, 5) is 4.36. The number of hydrogen-bond donors (Lipinski definition) is 2. The molecule has 0 spiro atoms. The molecule has 6 heteroatoms. The van der Waals surface area contributed by atoms with Gasteiger partial charge in [-0.1, -0.05) is 12.1 Å². The summed E-state index contributed by atoms with van der Waals surface area (Å²) in [6, 6.07) is 8.63. The molecule has 1 aromatic heterocycles. The molecule has 0 fully saturated rings. The molecule has 20 heavy (non-hydrogen) atoms. The van der Waals surface area contributed by atoms with Gasteiger partial charge in [0.2, 0.25) is 0 Å². The van der Waals surface area contributed by atoms with E-state index in [4.69, 9.17) is 5.84 Å². The number of aromatic nitrogens is 1. The van der Waals surface area contributed by atoms with E-state index in [1.54, 1.807) is 12.1 Å². The van der Waals surface area contributed by atoms with Crippen molar-refractivity contribution in [2.45, 2.75) is 32.0 Å². The molecule has 1 atom stereocenters. The second-order valence-corrected chi connectivity index (χ2v) is 4.78. The number of hydrogen-bond acceptors (Lipinski definition) is 3. The lowest BCUT2D eigenvalue weighted by Gasteiger charge is -2.17. The van der Waals surface area contributed by atoms with E-state index >= 15 is 0 Å². The first-order valence-corrected chi connectivity index (χ1v) is 6.29. The van der Waals surface area contributed by atoms with Gasteiger partial charge in [0.15, 0.2) is 0 Å². The van der Waals surface area contributed by atoms with Crippen molar-refractivity contribution in [2.24, 2.45) is 5.84 Å². The van der Waals surface area contributed by atoms with Gasteiger partial charge < -0.3 is 0 Å². The Hall–Kier alpha value is -1.66. The highest BCUT2D eigenvalue weighted by atomic mass is 19.4. The third-order valence-corrected chi connectivity index (χ3v) is 3.17. The topological polar surface area (TPSA) is 50.9 Å². The molecule has 0 bridgehead atoms. The fourth-order valence-corrected chi connectivity index (χ4v) is 2.12. The van der Waals surface area contributed by atoms with E-state index < -0.39 is 18.6 Å². The standard InChI is InChI=1S/C14H16F3N3/c1-9-2-3-10-8-11(4-5-12(10)19-9)13(20-18)6-7-14(15,16)17/h2-5,8,13,20H,6-7,18H2,1H3. The Balaban J connectivity index is 2.23. The second-order valence-electron chi connectivity index (χ2n) is 4.78. The number of hydrazine groups is 1. The summed E-state index contributed by atoms with van der Waals surface area (Å²) in [6.07, 6.45) is -5.14. The van der Waals surface area contributed by atoms with Gasteiger partial charge in [-0.05, 0) is 37.1 Å². The lowest BCUT2D eigenvalue weighted by molar-refractivity contribution is -0.136. The van der Waals surface area contributed by atoms with E-state index in [0.29, 0.717) is 0 Å². The van der Waals surface area contributed by atoms with Crippen LogP contribution in [0.3, 0.4) is 0 Å². The van der Waals surface area contributed by atoms with Crippen LogP contribution in [-0.2, 0) is 0 Å². The summed E-state index contributed by atoms with van der Waals surface area (Å²) in [6.45, 7) is 1.89. The number of alkyl halides is 3. The van der Waals surface area contributed by atoms with Gasteiger partial charge >= 0.3 is 6.18 Å². The van der Waals surface area contributed by atoms with Gasteiger partial charge in [-0.25, -0.2) is 0 Å². The van der Waals surface area contributed by atoms with Crippen molar-refractivity contribution in [3.05, 3.63) is 41.6 Å². The predicted molar refractivity (Wildman–Crippen MR) is 71.8 cm³/mol. The number of nitrogens with two attached hydrogens (primary N) is 1. The molecule has 2 rings (SSSR count). The number of fused-ring (bicyclic) bond motifs is 1. The van der Waals surface area contributed by atoms with Gasteiger partial charge in [0.05, 0.1) is 5.52 Å². The molecular weight excluding hydrogens is 267 g/mol. The smallest absolute Gasteiger partial charge is 0.271 e. The Morgan fingerprint density at radius 1 is 1.25 bits per heavy atom. The Kier molecular flexibility index (Phi) is 4.25. The molecule has 0 radical (unpaired) electrons. The minimum atomic E-state index is -4.18. The normalized spacial score (nSPS) is 13.7. The molecule has 1 heterocycles. The molecule has 2 aromatic rings. The molecule has 3 N–H and O–H groups in total. The van der Waals surface area contributed by atoms with E-state index in [2.05, 4.69) is 10.4 Å². The Morgan fingerprint density at radius 2 is 2.00 bits per heavy atom. The summed E-state index contributed by atoms with van der Waals surface area (Å²) in [7, 11) is 0. The van der Waals surface area contributed by atoms with E-state index in [0.717, 1.165) is 22.2 Å². The third kappa shape index (κ3) is 3.68. The molecule has 0 saturated carbocycles. The molecular formula is C14H16F3N3. The number of nitrogens with zero attached hydrogens (tertiary/aromatic N) is 1. The summed E-state index contributed by atoms with van der Waals surface area (Å²) in [5, 5.41) is 0.889. The Morgan fingerprint density at radius 3 is 2.65 bits per heavy atom. The molecule has 0 saturated heterocycles. The van der Waals surface area contributed by atoms with Gasteiger partial charge in [-0.15, -0.1) is 0 Å². The van der Waals surface area contributed by atoms with E-state index in [1.165, 1.54) is 0 Å². The number of nitrogens with one attached hydrogen (secondary N) is 1. The molecule has 0 aliphatic rings. The molecule has 0 aliphatic carbocycles. The maximum atomic E-state index is 12.3. The van der Waals surface area contributed by atoms with Crippen LogP contribution in [0.25, 0.3) is 10.9 Å². The van der Waals surface area contributed by atoms with Crippen molar-refractivity contribution in [1.82, 2.24) is 10.4 Å². The quantitative estimate of drug-likeness (QED) is 0.668. The highest BCUT2D eigenvalue weighted by Crippen LogP contribution is 2.28. The first-order valence-electron chi connectivity index (χ1n) is 6.29. The maximum absolute atomic E-state index is 12.3. The molecule has 1 unspecified atom stereocenters. The summed E-state index contributed by atoms with van der Waals surface area (Å²) >= 11 is 0. The van der Waals surface area contributed by atoms with Crippen molar-refractivity contribution in [2.75, 3.05) is 0 Å². The van der Waals surface area contributed by atoms with Gasteiger partial charge in [-0.2, -0.15) is 13.2 Å². The fourth-order valence-electron chi connectivity index (χ4n) is 2.12. The third-order valence-electron chi connectivity index (χ3n) is 3.17. The van der Waals surface area contributed by atoms with Crippen LogP contribution < -0.4 is 11.3 Å². The largest absolute Gasteiger partial charge is 0.389 e. The summed E-state index contributed by atoms with van der Waals surface area (Å²) in [5.74, 6) is 5.37. The zero-order valence-corrected chi connectivity index (χ0v) is 11.0. The van der Waals surface area contributed by atoms with Crippen LogP contribution in [0.5, 0.6) is 0 Å². The van der Waals surface area contributed by atoms with Gasteiger partial charge in [0.1, 0.15) is 0 Å². The number of aryl methyl sites for hydroxylation is 1. The molecule has 108 valence electrons. The van der Waals surface area contributed by atoms with E-state index in [1.807, 2.05) is 25.1 Å². The molecule has 0 aliphatic heterocycles. The van der Waals surface area contributed by atoms with Crippen LogP contribution >= 0.6 is 0 Å². The van der Waals surface area contributed by atoms with Crippen molar-refractivity contribution in [3.63, 3.8) is 0 Å². The Labute approximate surface area is 115 Å². The Bertz CT molecular complexity index is 596. The van der Waals surface area contributed by atoms with Gasteiger partial charge in [-0.3, -0.25) is 16.3 Å². The highest BCUT2D eigenvalue weighted by molar-refractivity contribution is 5.79. The second kappa shape index (κ2) is 5.76. The lowest BCUT2D eigenvalue weighted by atomic mass is 10.0. The van der Waals surface area contributed by atoms with Crippen LogP contribution in [0, 0.1) is 6.92 Å². The van der Waals surface area contributed by atoms with Crippen molar-refractivity contribution < 1.29 is 13.2 Å². The molecule has 3 nitrogen and oxygen atoms in total. The number of benzene rings is 1. The van der Waals surface area contributed by atoms with Crippen LogP contribution in [-0.4, -0.2) is 11.2 Å². The van der Waals surface area contributed by atoms with E-state index in [-0.39, 0.29) is 6.42 Å². The zero-order chi connectivity index (χ0) is 14.8. The fraction of sp³-hybridized carbons (Fsp3) is 0.357. The van der Waals surface area contributed by atoms with E-state index in [9.17, 15) is 13.2 Å².